The van der Waals surface area contributed by atoms with E-state index in [9.17, 15) is 9.59 Å². The molecular formula is C27H29N3O2S. The number of para-hydroxylation sites is 2. The van der Waals surface area contributed by atoms with Crippen molar-refractivity contribution in [1.29, 1.82) is 0 Å². The quantitative estimate of drug-likeness (QED) is 0.475. The first-order valence-electron chi connectivity index (χ1n) is 10.9. The number of anilines is 2. The minimum absolute atomic E-state index is 0.00817. The fraction of sp³-hybridized carbons (Fsp3) is 0.222. The molecule has 0 aliphatic heterocycles. The highest BCUT2D eigenvalue weighted by atomic mass is 32.1. The smallest absolute Gasteiger partial charge is 0.260 e. The average Bonchev–Trinajstić information content (AvgIpc) is 2.80. The molecule has 0 saturated heterocycles. The van der Waals surface area contributed by atoms with E-state index in [-0.39, 0.29) is 22.3 Å². The number of hydrogen-bond donors (Lipinski definition) is 2. The number of hydrogen-bond acceptors (Lipinski definition) is 3. The zero-order chi connectivity index (χ0) is 24.0. The van der Waals surface area contributed by atoms with Gasteiger partial charge in [0, 0.05) is 17.8 Å². The van der Waals surface area contributed by atoms with Crippen LogP contribution in [0.3, 0.4) is 0 Å². The van der Waals surface area contributed by atoms with Crippen LogP contribution in [0, 0.1) is 0 Å². The molecule has 3 aromatic rings. The second-order valence-corrected chi connectivity index (χ2v) is 9.07. The number of rotatable bonds is 5. The largest absolute Gasteiger partial charge is 0.332 e. The summed E-state index contributed by atoms with van der Waals surface area (Å²) >= 11 is 5.36. The molecule has 0 bridgehead atoms. The molecule has 170 valence electrons. The van der Waals surface area contributed by atoms with E-state index in [2.05, 4.69) is 31.4 Å². The molecule has 2 amide bonds. The molecule has 6 heteroatoms. The predicted octanol–water partition coefficient (Wildman–Crippen LogP) is 5.78. The molecule has 3 rings (SSSR count). The Morgan fingerprint density at radius 2 is 1.48 bits per heavy atom. The van der Waals surface area contributed by atoms with Crippen molar-refractivity contribution >= 4 is 40.5 Å². The van der Waals surface area contributed by atoms with Gasteiger partial charge >= 0.3 is 0 Å². The van der Waals surface area contributed by atoms with Crippen LogP contribution in [-0.4, -0.2) is 23.5 Å². The van der Waals surface area contributed by atoms with Gasteiger partial charge in [-0.25, -0.2) is 0 Å². The van der Waals surface area contributed by atoms with Crippen molar-refractivity contribution in [3.05, 3.63) is 95.6 Å². The number of benzene rings is 3. The second kappa shape index (κ2) is 10.4. The maximum atomic E-state index is 13.3. The zero-order valence-electron chi connectivity index (χ0n) is 19.4. The molecule has 0 atom stereocenters. The average molecular weight is 460 g/mol. The topological polar surface area (TPSA) is 61.4 Å². The molecule has 0 aliphatic rings. The van der Waals surface area contributed by atoms with E-state index in [1.54, 1.807) is 35.2 Å². The van der Waals surface area contributed by atoms with Crippen LogP contribution in [0.5, 0.6) is 0 Å². The number of nitrogens with one attached hydrogen (secondary N) is 2. The minimum Gasteiger partial charge on any atom is -0.332 e. The summed E-state index contributed by atoms with van der Waals surface area (Å²) < 4.78 is 0. The van der Waals surface area contributed by atoms with Crippen LogP contribution >= 0.6 is 12.2 Å². The molecule has 0 spiro atoms. The predicted molar refractivity (Wildman–Crippen MR) is 139 cm³/mol. The van der Waals surface area contributed by atoms with Crippen LogP contribution in [0.25, 0.3) is 0 Å². The van der Waals surface area contributed by atoms with Crippen molar-refractivity contribution in [2.45, 2.75) is 33.1 Å². The lowest BCUT2D eigenvalue weighted by Gasteiger charge is -2.23. The van der Waals surface area contributed by atoms with Crippen LogP contribution in [0.1, 0.15) is 54.0 Å². The van der Waals surface area contributed by atoms with Gasteiger partial charge in [0.25, 0.3) is 11.8 Å². The van der Waals surface area contributed by atoms with Crippen LogP contribution in [-0.2, 0) is 5.41 Å². The van der Waals surface area contributed by atoms with E-state index < -0.39 is 0 Å². The summed E-state index contributed by atoms with van der Waals surface area (Å²) in [6, 6.07) is 24.1. The number of amides is 2. The lowest BCUT2D eigenvalue weighted by molar-refractivity contribution is 0.0974. The van der Waals surface area contributed by atoms with E-state index >= 15 is 0 Å². The standard InChI is InChI=1S/C27H29N3O2S/c1-5-30(21-11-7-6-8-12-21)25(32)22-13-9-10-14-23(22)28-26(33)29-24(31)19-15-17-20(18-16-19)27(2,3)4/h6-18H,5H2,1-4H3,(H2,28,29,31,33). The Labute approximate surface area is 200 Å². The maximum Gasteiger partial charge on any atom is 0.260 e. The van der Waals surface area contributed by atoms with E-state index in [0.29, 0.717) is 23.4 Å². The third-order valence-corrected chi connectivity index (χ3v) is 5.48. The summed E-state index contributed by atoms with van der Waals surface area (Å²) in [4.78, 5) is 27.6. The summed E-state index contributed by atoms with van der Waals surface area (Å²) in [5.74, 6) is -0.463. The molecule has 5 nitrogen and oxygen atoms in total. The van der Waals surface area contributed by atoms with Crippen molar-refractivity contribution in [3.63, 3.8) is 0 Å². The fourth-order valence-corrected chi connectivity index (χ4v) is 3.63. The van der Waals surface area contributed by atoms with E-state index in [4.69, 9.17) is 12.2 Å². The third-order valence-electron chi connectivity index (χ3n) is 5.28. The van der Waals surface area contributed by atoms with Gasteiger partial charge in [0.05, 0.1) is 11.3 Å². The Kier molecular flexibility index (Phi) is 7.61. The van der Waals surface area contributed by atoms with Crippen LogP contribution < -0.4 is 15.5 Å². The maximum absolute atomic E-state index is 13.3. The SMILES string of the molecule is CCN(C(=O)c1ccccc1NC(=S)NC(=O)c1ccc(C(C)(C)C)cc1)c1ccccc1. The third kappa shape index (κ3) is 6.05. The van der Waals surface area contributed by atoms with Gasteiger partial charge in [-0.1, -0.05) is 63.2 Å². The zero-order valence-corrected chi connectivity index (χ0v) is 20.2. The molecule has 33 heavy (non-hydrogen) atoms. The highest BCUT2D eigenvalue weighted by Crippen LogP contribution is 2.23. The van der Waals surface area contributed by atoms with Gasteiger partial charge in [0.15, 0.2) is 5.11 Å². The van der Waals surface area contributed by atoms with Crippen LogP contribution in [0.15, 0.2) is 78.9 Å². The number of thiocarbonyl (C=S) groups is 1. The molecule has 0 aromatic heterocycles. The molecule has 3 aromatic carbocycles. The highest BCUT2D eigenvalue weighted by Gasteiger charge is 2.20. The molecule has 0 fully saturated rings. The first-order valence-corrected chi connectivity index (χ1v) is 11.3. The Hall–Kier alpha value is -3.51. The Balaban J connectivity index is 1.73. The number of carbonyl (C=O) groups is 2. The highest BCUT2D eigenvalue weighted by molar-refractivity contribution is 7.80. The minimum atomic E-state index is -0.309. The molecular weight excluding hydrogens is 430 g/mol. The van der Waals surface area contributed by atoms with Gasteiger partial charge in [-0.15, -0.1) is 0 Å². The second-order valence-electron chi connectivity index (χ2n) is 8.67. The molecule has 0 radical (unpaired) electrons. The summed E-state index contributed by atoms with van der Waals surface area (Å²) in [6.45, 7) is 8.81. The Morgan fingerprint density at radius 3 is 2.09 bits per heavy atom. The Morgan fingerprint density at radius 1 is 0.879 bits per heavy atom. The van der Waals surface area contributed by atoms with E-state index in [1.807, 2.05) is 55.5 Å². The monoisotopic (exact) mass is 459 g/mol. The van der Waals surface area contributed by atoms with Gasteiger partial charge in [0.1, 0.15) is 0 Å². The van der Waals surface area contributed by atoms with Gasteiger partial charge in [-0.2, -0.15) is 0 Å². The molecule has 2 N–H and O–H groups in total. The summed E-state index contributed by atoms with van der Waals surface area (Å²) in [5, 5.41) is 5.84. The molecule has 0 unspecified atom stereocenters. The van der Waals surface area contributed by atoms with Crippen molar-refractivity contribution in [3.8, 4) is 0 Å². The number of carbonyl (C=O) groups excluding carboxylic acids is 2. The summed E-state index contributed by atoms with van der Waals surface area (Å²) in [5.41, 5.74) is 3.48. The molecule has 0 aliphatic carbocycles. The van der Waals surface area contributed by atoms with Crippen molar-refractivity contribution in [1.82, 2.24) is 5.32 Å². The van der Waals surface area contributed by atoms with E-state index in [1.165, 1.54) is 0 Å². The van der Waals surface area contributed by atoms with Gasteiger partial charge in [-0.05, 0) is 66.5 Å². The molecule has 0 saturated carbocycles. The van der Waals surface area contributed by atoms with Gasteiger partial charge in [0.2, 0.25) is 0 Å². The summed E-state index contributed by atoms with van der Waals surface area (Å²) in [6.07, 6.45) is 0. The van der Waals surface area contributed by atoms with Gasteiger partial charge in [-0.3, -0.25) is 14.9 Å². The Bertz CT molecular complexity index is 1140. The summed E-state index contributed by atoms with van der Waals surface area (Å²) in [7, 11) is 0. The van der Waals surface area contributed by atoms with Crippen molar-refractivity contribution in [2.24, 2.45) is 0 Å². The first kappa shape index (κ1) is 24.1. The number of nitrogens with zero attached hydrogens (tertiary/aromatic N) is 1. The normalized spacial score (nSPS) is 10.9. The van der Waals surface area contributed by atoms with Crippen molar-refractivity contribution < 1.29 is 9.59 Å². The van der Waals surface area contributed by atoms with Crippen LogP contribution in [0.2, 0.25) is 0 Å². The first-order chi connectivity index (χ1) is 15.7. The van der Waals surface area contributed by atoms with Crippen molar-refractivity contribution in [2.75, 3.05) is 16.8 Å². The van der Waals surface area contributed by atoms with Crippen LogP contribution in [0.4, 0.5) is 11.4 Å². The molecule has 0 heterocycles. The lowest BCUT2D eigenvalue weighted by Crippen LogP contribution is -2.35. The lowest BCUT2D eigenvalue weighted by atomic mass is 9.87. The van der Waals surface area contributed by atoms with Gasteiger partial charge < -0.3 is 10.2 Å². The fourth-order valence-electron chi connectivity index (χ4n) is 3.43. The van der Waals surface area contributed by atoms with E-state index in [0.717, 1.165) is 11.3 Å².